The fourth-order valence-electron chi connectivity index (χ4n) is 2.55. The topological polar surface area (TPSA) is 77.2 Å². The predicted octanol–water partition coefficient (Wildman–Crippen LogP) is 3.30. The Bertz CT molecular complexity index is 889. The monoisotopic (exact) mass is 351 g/mol. The van der Waals surface area contributed by atoms with Crippen molar-refractivity contribution in [1.82, 2.24) is 15.5 Å². The lowest BCUT2D eigenvalue weighted by Gasteiger charge is -2.07. The van der Waals surface area contributed by atoms with Gasteiger partial charge in [0.25, 0.3) is 0 Å². The highest BCUT2D eigenvalue weighted by Gasteiger charge is 2.11. The Morgan fingerprint density at radius 1 is 1.19 bits per heavy atom. The van der Waals surface area contributed by atoms with Crippen molar-refractivity contribution in [2.24, 2.45) is 0 Å². The van der Waals surface area contributed by atoms with Crippen molar-refractivity contribution in [2.75, 3.05) is 7.11 Å². The van der Waals surface area contributed by atoms with Crippen molar-refractivity contribution in [1.29, 1.82) is 0 Å². The molecule has 3 aromatic rings. The molecule has 0 spiro atoms. The number of nitrogens with one attached hydrogen (secondary N) is 1. The highest BCUT2D eigenvalue weighted by atomic mass is 16.5. The number of carbonyl (C=O) groups is 1. The van der Waals surface area contributed by atoms with Gasteiger partial charge in [-0.15, -0.1) is 0 Å². The standard InChI is InChI=1S/C20H21N3O3/c1-14-6-3-4-7-16(14)13-21-18(24)10-11-19-22-20(23-26-19)15-8-5-9-17(12-15)25-2/h3-9,12H,10-11,13H2,1-2H3,(H,21,24). The molecular formula is C20H21N3O3. The summed E-state index contributed by atoms with van der Waals surface area (Å²) in [6.45, 7) is 2.55. The van der Waals surface area contributed by atoms with Gasteiger partial charge in [-0.1, -0.05) is 41.6 Å². The molecule has 1 aromatic heterocycles. The molecule has 0 saturated carbocycles. The second-order valence-corrected chi connectivity index (χ2v) is 5.95. The summed E-state index contributed by atoms with van der Waals surface area (Å²) in [5, 5.41) is 6.89. The molecule has 6 heteroatoms. The van der Waals surface area contributed by atoms with Crippen LogP contribution in [0.1, 0.15) is 23.4 Å². The summed E-state index contributed by atoms with van der Waals surface area (Å²) in [7, 11) is 1.61. The second-order valence-electron chi connectivity index (χ2n) is 5.95. The lowest BCUT2D eigenvalue weighted by molar-refractivity contribution is -0.121. The summed E-state index contributed by atoms with van der Waals surface area (Å²) in [6, 6.07) is 15.4. The number of benzene rings is 2. The first-order valence-corrected chi connectivity index (χ1v) is 8.44. The van der Waals surface area contributed by atoms with Crippen LogP contribution in [0.5, 0.6) is 5.75 Å². The van der Waals surface area contributed by atoms with E-state index in [2.05, 4.69) is 15.5 Å². The fraction of sp³-hybridized carbons (Fsp3) is 0.250. The van der Waals surface area contributed by atoms with Gasteiger partial charge in [0.15, 0.2) is 0 Å². The predicted molar refractivity (Wildman–Crippen MR) is 97.6 cm³/mol. The van der Waals surface area contributed by atoms with Crippen LogP contribution in [-0.4, -0.2) is 23.2 Å². The van der Waals surface area contributed by atoms with Gasteiger partial charge in [-0.3, -0.25) is 4.79 Å². The van der Waals surface area contributed by atoms with Gasteiger partial charge in [0, 0.05) is 24.9 Å². The van der Waals surface area contributed by atoms with Crippen LogP contribution in [0.25, 0.3) is 11.4 Å². The summed E-state index contributed by atoms with van der Waals surface area (Å²) in [6.07, 6.45) is 0.697. The van der Waals surface area contributed by atoms with Crippen LogP contribution in [0.15, 0.2) is 53.1 Å². The molecule has 0 unspecified atom stereocenters. The van der Waals surface area contributed by atoms with E-state index in [-0.39, 0.29) is 5.91 Å². The summed E-state index contributed by atoms with van der Waals surface area (Å²) >= 11 is 0. The molecule has 0 radical (unpaired) electrons. The number of carbonyl (C=O) groups excluding carboxylic acids is 1. The SMILES string of the molecule is COc1cccc(-c2noc(CCC(=O)NCc3ccccc3C)n2)c1. The molecule has 0 aliphatic heterocycles. The number of hydrogen-bond acceptors (Lipinski definition) is 5. The van der Waals surface area contributed by atoms with E-state index >= 15 is 0 Å². The van der Waals surface area contributed by atoms with Crippen LogP contribution in [0, 0.1) is 6.92 Å². The molecule has 3 rings (SSSR count). The Morgan fingerprint density at radius 3 is 2.85 bits per heavy atom. The number of amides is 1. The lowest BCUT2D eigenvalue weighted by atomic mass is 10.1. The number of nitrogens with zero attached hydrogens (tertiary/aromatic N) is 2. The Hall–Kier alpha value is -3.15. The van der Waals surface area contributed by atoms with Crippen LogP contribution in [-0.2, 0) is 17.8 Å². The van der Waals surface area contributed by atoms with Crippen molar-refractivity contribution in [3.63, 3.8) is 0 Å². The van der Waals surface area contributed by atoms with Crippen molar-refractivity contribution in [2.45, 2.75) is 26.3 Å². The fourth-order valence-corrected chi connectivity index (χ4v) is 2.55. The van der Waals surface area contributed by atoms with E-state index in [1.165, 1.54) is 0 Å². The Balaban J connectivity index is 1.53. The molecular weight excluding hydrogens is 330 g/mol. The van der Waals surface area contributed by atoms with E-state index in [1.807, 2.05) is 55.5 Å². The number of rotatable bonds is 7. The molecule has 6 nitrogen and oxygen atoms in total. The van der Waals surface area contributed by atoms with Gasteiger partial charge in [0.05, 0.1) is 7.11 Å². The number of methoxy groups -OCH3 is 1. The molecule has 1 N–H and O–H groups in total. The lowest BCUT2D eigenvalue weighted by Crippen LogP contribution is -2.23. The van der Waals surface area contributed by atoms with Crippen molar-refractivity contribution in [3.8, 4) is 17.1 Å². The summed E-state index contributed by atoms with van der Waals surface area (Å²) in [5.41, 5.74) is 3.08. The molecule has 0 aliphatic rings. The molecule has 0 bridgehead atoms. The molecule has 0 fully saturated rings. The van der Waals surface area contributed by atoms with Crippen LogP contribution in [0.2, 0.25) is 0 Å². The van der Waals surface area contributed by atoms with Gasteiger partial charge in [-0.2, -0.15) is 4.98 Å². The summed E-state index contributed by atoms with van der Waals surface area (Å²) in [4.78, 5) is 16.4. The average Bonchev–Trinajstić information content (AvgIpc) is 3.15. The third-order valence-electron chi connectivity index (χ3n) is 4.10. The zero-order chi connectivity index (χ0) is 18.4. The Morgan fingerprint density at radius 2 is 2.04 bits per heavy atom. The number of aryl methyl sites for hydroxylation is 2. The minimum Gasteiger partial charge on any atom is -0.497 e. The van der Waals surface area contributed by atoms with Gasteiger partial charge in [0.1, 0.15) is 5.75 Å². The highest BCUT2D eigenvalue weighted by molar-refractivity contribution is 5.76. The van der Waals surface area contributed by atoms with E-state index in [0.717, 1.165) is 22.4 Å². The van der Waals surface area contributed by atoms with E-state index in [1.54, 1.807) is 7.11 Å². The zero-order valence-corrected chi connectivity index (χ0v) is 14.9. The molecule has 0 aliphatic carbocycles. The molecule has 0 atom stereocenters. The van der Waals surface area contributed by atoms with E-state index in [4.69, 9.17) is 9.26 Å². The van der Waals surface area contributed by atoms with E-state index < -0.39 is 0 Å². The molecule has 26 heavy (non-hydrogen) atoms. The van der Waals surface area contributed by atoms with Crippen molar-refractivity contribution in [3.05, 3.63) is 65.5 Å². The first kappa shape index (κ1) is 17.7. The van der Waals surface area contributed by atoms with Gasteiger partial charge < -0.3 is 14.6 Å². The van der Waals surface area contributed by atoms with Crippen LogP contribution in [0.3, 0.4) is 0 Å². The van der Waals surface area contributed by atoms with Gasteiger partial charge >= 0.3 is 0 Å². The van der Waals surface area contributed by atoms with Crippen LogP contribution >= 0.6 is 0 Å². The first-order chi connectivity index (χ1) is 12.7. The first-order valence-electron chi connectivity index (χ1n) is 8.44. The van der Waals surface area contributed by atoms with Crippen molar-refractivity contribution < 1.29 is 14.1 Å². The number of aromatic nitrogens is 2. The average molecular weight is 351 g/mol. The quantitative estimate of drug-likeness (QED) is 0.707. The van der Waals surface area contributed by atoms with E-state index in [0.29, 0.717) is 31.1 Å². The Kier molecular flexibility index (Phi) is 5.63. The maximum atomic E-state index is 12.0. The molecule has 1 heterocycles. The van der Waals surface area contributed by atoms with E-state index in [9.17, 15) is 4.79 Å². The van der Waals surface area contributed by atoms with Crippen molar-refractivity contribution >= 4 is 5.91 Å². The number of hydrogen-bond donors (Lipinski definition) is 1. The maximum absolute atomic E-state index is 12.0. The molecule has 1 amide bonds. The summed E-state index contributed by atoms with van der Waals surface area (Å²) < 4.78 is 10.4. The summed E-state index contributed by atoms with van der Waals surface area (Å²) in [5.74, 6) is 1.60. The third-order valence-corrected chi connectivity index (χ3v) is 4.10. The highest BCUT2D eigenvalue weighted by Crippen LogP contribution is 2.21. The van der Waals surface area contributed by atoms with Gasteiger partial charge in [-0.05, 0) is 30.2 Å². The molecule has 0 saturated heterocycles. The van der Waals surface area contributed by atoms with Crippen LogP contribution in [0.4, 0.5) is 0 Å². The Labute approximate surface area is 152 Å². The smallest absolute Gasteiger partial charge is 0.227 e. The zero-order valence-electron chi connectivity index (χ0n) is 14.9. The molecule has 134 valence electrons. The maximum Gasteiger partial charge on any atom is 0.227 e. The van der Waals surface area contributed by atoms with Gasteiger partial charge in [0.2, 0.25) is 17.6 Å². The molecule has 2 aromatic carbocycles. The normalized spacial score (nSPS) is 10.5. The number of ether oxygens (including phenoxy) is 1. The minimum atomic E-state index is -0.0469. The minimum absolute atomic E-state index is 0.0469. The second kappa shape index (κ2) is 8.29. The van der Waals surface area contributed by atoms with Gasteiger partial charge in [-0.25, -0.2) is 0 Å². The van der Waals surface area contributed by atoms with Crippen LogP contribution < -0.4 is 10.1 Å². The largest absolute Gasteiger partial charge is 0.497 e. The third kappa shape index (κ3) is 4.47.